The fraction of sp³-hybridized carbons (Fsp3) is 0.739. The minimum atomic E-state index is -2.71. The first-order valence-corrected chi connectivity index (χ1v) is 11.3. The third-order valence-electron chi connectivity index (χ3n) is 7.75. The number of carbonyl (C=O) groups excluding carboxylic acids is 1. The third-order valence-corrected chi connectivity index (χ3v) is 7.75. The lowest BCUT2D eigenvalue weighted by Crippen LogP contribution is -2.50. The van der Waals surface area contributed by atoms with Gasteiger partial charge < -0.3 is 10.2 Å². The van der Waals surface area contributed by atoms with E-state index in [4.69, 9.17) is 0 Å². The minimum absolute atomic E-state index is 0.0297. The Labute approximate surface area is 179 Å². The van der Waals surface area contributed by atoms with Crippen LogP contribution in [0.2, 0.25) is 0 Å². The van der Waals surface area contributed by atoms with Crippen LogP contribution in [0, 0.1) is 11.3 Å². The number of anilines is 1. The molecule has 2 unspecified atom stereocenters. The fourth-order valence-electron chi connectivity index (χ4n) is 5.23. The summed E-state index contributed by atoms with van der Waals surface area (Å²) in [4.78, 5) is 20.3. The summed E-state index contributed by atoms with van der Waals surface area (Å²) in [5.74, 6) is 0.331. The van der Waals surface area contributed by atoms with Crippen LogP contribution in [-0.4, -0.2) is 55.1 Å². The molecule has 1 saturated heterocycles. The molecular weight excluding hydrogens is 386 g/mol. The van der Waals surface area contributed by atoms with Crippen LogP contribution >= 0.6 is 0 Å². The van der Waals surface area contributed by atoms with Crippen LogP contribution in [0.3, 0.4) is 0 Å². The van der Waals surface area contributed by atoms with Crippen molar-refractivity contribution in [3.63, 3.8) is 0 Å². The topological polar surface area (TPSA) is 48.5 Å². The Balaban J connectivity index is 1.64. The lowest BCUT2D eigenvalue weighted by molar-refractivity contribution is 0.0956. The van der Waals surface area contributed by atoms with E-state index in [9.17, 15) is 13.6 Å². The predicted octanol–water partition coefficient (Wildman–Crippen LogP) is 4.50. The number of halogens is 2. The van der Waals surface area contributed by atoms with Gasteiger partial charge in [0, 0.05) is 39.3 Å². The average Bonchev–Trinajstić information content (AvgIpc) is 3.28. The minimum Gasteiger partial charge on any atom is -0.367 e. The molecule has 0 bridgehead atoms. The molecule has 0 aromatic carbocycles. The number of piperazine rings is 1. The van der Waals surface area contributed by atoms with E-state index in [1.54, 1.807) is 6.07 Å². The van der Waals surface area contributed by atoms with E-state index in [1.807, 2.05) is 4.90 Å². The summed E-state index contributed by atoms with van der Waals surface area (Å²) < 4.78 is 27.3. The Kier molecular flexibility index (Phi) is 7.32. The zero-order valence-corrected chi connectivity index (χ0v) is 18.8. The zero-order chi connectivity index (χ0) is 21.9. The number of aromatic nitrogens is 1. The van der Waals surface area contributed by atoms with E-state index >= 15 is 0 Å². The molecule has 1 aromatic rings. The van der Waals surface area contributed by atoms with Gasteiger partial charge in [-0.3, -0.25) is 9.69 Å². The van der Waals surface area contributed by atoms with Gasteiger partial charge in [-0.2, -0.15) is 0 Å². The van der Waals surface area contributed by atoms with Crippen molar-refractivity contribution >= 4 is 11.6 Å². The lowest BCUT2D eigenvalue weighted by Gasteiger charge is -2.40. The first-order chi connectivity index (χ1) is 14.3. The van der Waals surface area contributed by atoms with Crippen molar-refractivity contribution in [3.05, 3.63) is 23.5 Å². The molecule has 7 heteroatoms. The molecule has 2 heterocycles. The molecule has 1 aliphatic heterocycles. The molecule has 1 N–H and O–H groups in total. The number of hydrogen-bond acceptors (Lipinski definition) is 4. The van der Waals surface area contributed by atoms with E-state index in [1.165, 1.54) is 45.2 Å². The summed E-state index contributed by atoms with van der Waals surface area (Å²) >= 11 is 0. The van der Waals surface area contributed by atoms with E-state index in [0.717, 1.165) is 19.0 Å². The Bertz CT molecular complexity index is 730. The number of rotatable bonds is 7. The second-order valence-electron chi connectivity index (χ2n) is 9.03. The standard InChI is InChI=1S/C23H36F2N4O/c1-5-23(3,6-2)16-7-8-17(15-16)28-11-13-29(14-12-28)19-10-9-18(22(30)26-4)27-20(19)21(24)25/h9-10,16-17,21H,5-8,11-15H2,1-4H3,(H,26,30). The highest BCUT2D eigenvalue weighted by Crippen LogP contribution is 2.45. The molecule has 1 amide bonds. The maximum atomic E-state index is 13.6. The van der Waals surface area contributed by atoms with Gasteiger partial charge >= 0.3 is 0 Å². The van der Waals surface area contributed by atoms with Crippen LogP contribution in [0.15, 0.2) is 12.1 Å². The summed E-state index contributed by atoms with van der Waals surface area (Å²) in [5.41, 5.74) is 0.612. The molecule has 2 aliphatic rings. The molecule has 1 aliphatic carbocycles. The number of nitrogens with one attached hydrogen (secondary N) is 1. The Hall–Kier alpha value is -1.76. The first kappa shape index (κ1) is 22.9. The lowest BCUT2D eigenvalue weighted by atomic mass is 9.72. The van der Waals surface area contributed by atoms with Gasteiger partial charge in [-0.05, 0) is 42.7 Å². The van der Waals surface area contributed by atoms with Crippen LogP contribution in [-0.2, 0) is 0 Å². The Morgan fingerprint density at radius 2 is 1.87 bits per heavy atom. The predicted molar refractivity (Wildman–Crippen MR) is 116 cm³/mol. The molecular formula is C23H36F2N4O. The highest BCUT2D eigenvalue weighted by Gasteiger charge is 2.39. The molecule has 1 aromatic heterocycles. The number of alkyl halides is 2. The van der Waals surface area contributed by atoms with E-state index < -0.39 is 12.3 Å². The number of amides is 1. The fourth-order valence-corrected chi connectivity index (χ4v) is 5.23. The Morgan fingerprint density at radius 3 is 2.43 bits per heavy atom. The van der Waals surface area contributed by atoms with Crippen molar-refractivity contribution in [1.82, 2.24) is 15.2 Å². The van der Waals surface area contributed by atoms with Crippen LogP contribution in [0.1, 0.15) is 75.5 Å². The molecule has 2 fully saturated rings. The normalized spacial score (nSPS) is 23.2. The van der Waals surface area contributed by atoms with Crippen molar-refractivity contribution < 1.29 is 13.6 Å². The largest absolute Gasteiger partial charge is 0.367 e. The van der Waals surface area contributed by atoms with Gasteiger partial charge in [0.1, 0.15) is 11.4 Å². The van der Waals surface area contributed by atoms with Crippen LogP contribution in [0.5, 0.6) is 0 Å². The number of hydrogen-bond donors (Lipinski definition) is 1. The SMILES string of the molecule is CCC(C)(CC)C1CCC(N2CCN(c3ccc(C(=O)NC)nc3C(F)F)CC2)C1. The first-order valence-electron chi connectivity index (χ1n) is 11.3. The number of nitrogens with zero attached hydrogens (tertiary/aromatic N) is 3. The summed E-state index contributed by atoms with van der Waals surface area (Å²) in [7, 11) is 1.47. The molecule has 168 valence electrons. The smallest absolute Gasteiger partial charge is 0.282 e. The van der Waals surface area contributed by atoms with Gasteiger partial charge in [0.25, 0.3) is 12.3 Å². The maximum Gasteiger partial charge on any atom is 0.282 e. The second kappa shape index (κ2) is 9.58. The van der Waals surface area contributed by atoms with Crippen LogP contribution in [0.25, 0.3) is 0 Å². The highest BCUT2D eigenvalue weighted by atomic mass is 19.3. The Morgan fingerprint density at radius 1 is 1.20 bits per heavy atom. The number of carbonyl (C=O) groups is 1. The molecule has 0 spiro atoms. The van der Waals surface area contributed by atoms with Crippen LogP contribution in [0.4, 0.5) is 14.5 Å². The van der Waals surface area contributed by atoms with Crippen molar-refractivity contribution in [2.75, 3.05) is 38.1 Å². The molecule has 0 radical (unpaired) electrons. The number of pyridine rings is 1. The van der Waals surface area contributed by atoms with Gasteiger partial charge in [-0.15, -0.1) is 0 Å². The van der Waals surface area contributed by atoms with Gasteiger partial charge in [-0.1, -0.05) is 33.6 Å². The highest BCUT2D eigenvalue weighted by molar-refractivity contribution is 5.92. The molecule has 2 atom stereocenters. The molecule has 1 saturated carbocycles. The average molecular weight is 423 g/mol. The maximum absolute atomic E-state index is 13.6. The monoisotopic (exact) mass is 422 g/mol. The van der Waals surface area contributed by atoms with Crippen molar-refractivity contribution in [3.8, 4) is 0 Å². The van der Waals surface area contributed by atoms with Crippen LogP contribution < -0.4 is 10.2 Å². The van der Waals surface area contributed by atoms with Crippen molar-refractivity contribution in [2.24, 2.45) is 11.3 Å². The summed E-state index contributed by atoms with van der Waals surface area (Å²) in [6.45, 7) is 10.2. The van der Waals surface area contributed by atoms with E-state index in [-0.39, 0.29) is 11.4 Å². The molecule has 3 rings (SSSR count). The summed E-state index contributed by atoms with van der Waals surface area (Å²) in [5, 5.41) is 2.44. The van der Waals surface area contributed by atoms with E-state index in [0.29, 0.717) is 30.2 Å². The van der Waals surface area contributed by atoms with Gasteiger partial charge in [0.05, 0.1) is 5.69 Å². The molecule has 30 heavy (non-hydrogen) atoms. The van der Waals surface area contributed by atoms with Crippen molar-refractivity contribution in [2.45, 2.75) is 65.3 Å². The molecule has 5 nitrogen and oxygen atoms in total. The third kappa shape index (κ3) is 4.61. The zero-order valence-electron chi connectivity index (χ0n) is 18.8. The quantitative estimate of drug-likeness (QED) is 0.703. The van der Waals surface area contributed by atoms with E-state index in [2.05, 4.69) is 36.0 Å². The second-order valence-corrected chi connectivity index (χ2v) is 9.03. The van der Waals surface area contributed by atoms with Gasteiger partial charge in [-0.25, -0.2) is 13.8 Å². The van der Waals surface area contributed by atoms with Gasteiger partial charge in [0.15, 0.2) is 0 Å². The summed E-state index contributed by atoms with van der Waals surface area (Å²) in [6, 6.07) is 3.76. The summed E-state index contributed by atoms with van der Waals surface area (Å²) in [6.07, 6.45) is 3.53. The van der Waals surface area contributed by atoms with Gasteiger partial charge in [0.2, 0.25) is 0 Å². The van der Waals surface area contributed by atoms with Crippen molar-refractivity contribution in [1.29, 1.82) is 0 Å².